The highest BCUT2D eigenvalue weighted by molar-refractivity contribution is 6.30. The van der Waals surface area contributed by atoms with E-state index in [1.54, 1.807) is 47.6 Å². The summed E-state index contributed by atoms with van der Waals surface area (Å²) in [6, 6.07) is 6.93. The molecular weight excluding hydrogens is 276 g/mol. The fraction of sp³-hybridized carbons (Fsp3) is 0.333. The normalized spacial score (nSPS) is 13.0. The minimum atomic E-state index is -0.737. The van der Waals surface area contributed by atoms with Crippen LogP contribution in [-0.4, -0.2) is 15.3 Å². The zero-order chi connectivity index (χ0) is 14.8. The molecule has 0 aliphatic rings. The number of halogens is 1. The van der Waals surface area contributed by atoms with Crippen molar-refractivity contribution in [1.82, 2.24) is 9.55 Å². The first kappa shape index (κ1) is 14.6. The fourth-order valence-electron chi connectivity index (χ4n) is 1.67. The Morgan fingerprint density at radius 2 is 1.95 bits per heavy atom. The molecule has 0 unspecified atom stereocenters. The molecule has 0 aliphatic heterocycles. The van der Waals surface area contributed by atoms with E-state index in [2.05, 4.69) is 4.98 Å². The number of benzene rings is 1. The number of aromatic nitrogens is 2. The number of hydrogen-bond donors (Lipinski definition) is 0. The number of hydrogen-bond acceptors (Lipinski definition) is 3. The number of rotatable bonds is 4. The summed E-state index contributed by atoms with van der Waals surface area (Å²) in [6.45, 7) is 5.60. The molecule has 1 aromatic heterocycles. The van der Waals surface area contributed by atoms with Crippen LogP contribution in [0.25, 0.3) is 0 Å². The monoisotopic (exact) mass is 292 g/mol. The molecule has 0 bridgehead atoms. The van der Waals surface area contributed by atoms with Gasteiger partial charge in [-0.1, -0.05) is 32.4 Å². The van der Waals surface area contributed by atoms with E-state index >= 15 is 0 Å². The van der Waals surface area contributed by atoms with Crippen LogP contribution in [0.5, 0.6) is 5.75 Å². The lowest BCUT2D eigenvalue weighted by molar-refractivity contribution is -0.137. The highest BCUT2D eigenvalue weighted by atomic mass is 35.5. The van der Waals surface area contributed by atoms with Gasteiger partial charge in [0.15, 0.2) is 5.78 Å². The number of carbonyl (C=O) groups is 1. The number of nitrogens with zero attached hydrogens (tertiary/aromatic N) is 2. The van der Waals surface area contributed by atoms with Crippen molar-refractivity contribution in [3.05, 3.63) is 48.0 Å². The van der Waals surface area contributed by atoms with E-state index < -0.39 is 11.6 Å². The Morgan fingerprint density at radius 1 is 1.30 bits per heavy atom. The molecule has 0 saturated carbocycles. The average molecular weight is 293 g/mol. The van der Waals surface area contributed by atoms with Crippen molar-refractivity contribution < 1.29 is 9.53 Å². The first-order valence-corrected chi connectivity index (χ1v) is 6.70. The molecule has 2 aromatic rings. The highest BCUT2D eigenvalue weighted by Gasteiger charge is 2.32. The van der Waals surface area contributed by atoms with Crippen molar-refractivity contribution in [1.29, 1.82) is 0 Å². The Balaban J connectivity index is 2.28. The minimum absolute atomic E-state index is 0.0227. The van der Waals surface area contributed by atoms with E-state index in [1.165, 1.54) is 0 Å². The standard InChI is InChI=1S/C15H17ClN2O2/c1-15(2,3)13(19)14(18-9-8-17-10-18)20-12-6-4-11(16)5-7-12/h4-10,14H,1-3H3/t14-/m0/s1. The molecule has 0 fully saturated rings. The Morgan fingerprint density at radius 3 is 2.45 bits per heavy atom. The predicted octanol–water partition coefficient (Wildman–Crippen LogP) is 3.73. The summed E-state index contributed by atoms with van der Waals surface area (Å²) in [4.78, 5) is 16.5. The minimum Gasteiger partial charge on any atom is -0.463 e. The maximum atomic E-state index is 12.5. The molecule has 1 heterocycles. The van der Waals surface area contributed by atoms with Crippen LogP contribution >= 0.6 is 11.6 Å². The molecular formula is C15H17ClN2O2. The van der Waals surface area contributed by atoms with Gasteiger partial charge in [-0.05, 0) is 24.3 Å². The summed E-state index contributed by atoms with van der Waals surface area (Å²) in [6.07, 6.45) is 4.17. The van der Waals surface area contributed by atoms with Crippen LogP contribution in [0.1, 0.15) is 27.0 Å². The highest BCUT2D eigenvalue weighted by Crippen LogP contribution is 2.27. The van der Waals surface area contributed by atoms with E-state index in [-0.39, 0.29) is 5.78 Å². The van der Waals surface area contributed by atoms with Gasteiger partial charge in [-0.25, -0.2) is 4.98 Å². The molecule has 0 radical (unpaired) electrons. The van der Waals surface area contributed by atoms with E-state index in [4.69, 9.17) is 16.3 Å². The zero-order valence-electron chi connectivity index (χ0n) is 11.7. The van der Waals surface area contributed by atoms with Crippen LogP contribution in [-0.2, 0) is 4.79 Å². The molecule has 1 aromatic carbocycles. The first-order valence-electron chi connectivity index (χ1n) is 6.32. The van der Waals surface area contributed by atoms with E-state index in [1.807, 2.05) is 20.8 Å². The summed E-state index contributed by atoms with van der Waals surface area (Å²) in [7, 11) is 0. The van der Waals surface area contributed by atoms with Crippen molar-refractivity contribution in [2.24, 2.45) is 5.41 Å². The van der Waals surface area contributed by atoms with Crippen LogP contribution in [0.15, 0.2) is 43.0 Å². The van der Waals surface area contributed by atoms with Gasteiger partial charge >= 0.3 is 0 Å². The molecule has 0 saturated heterocycles. The summed E-state index contributed by atoms with van der Waals surface area (Å²) >= 11 is 5.85. The molecule has 20 heavy (non-hydrogen) atoms. The third kappa shape index (κ3) is 3.39. The number of carbonyl (C=O) groups excluding carboxylic acids is 1. The van der Waals surface area contributed by atoms with Crippen molar-refractivity contribution in [2.75, 3.05) is 0 Å². The van der Waals surface area contributed by atoms with Gasteiger partial charge in [0.25, 0.3) is 0 Å². The number of Topliss-reactive ketones (excluding diaryl/α,β-unsaturated/α-hetero) is 1. The molecule has 1 atom stereocenters. The molecule has 106 valence electrons. The molecule has 2 rings (SSSR count). The average Bonchev–Trinajstić information content (AvgIpc) is 2.90. The van der Waals surface area contributed by atoms with Crippen LogP contribution < -0.4 is 4.74 Å². The van der Waals surface area contributed by atoms with Gasteiger partial charge < -0.3 is 4.74 Å². The molecule has 0 aliphatic carbocycles. The third-order valence-corrected chi connectivity index (χ3v) is 3.07. The fourth-order valence-corrected chi connectivity index (χ4v) is 1.80. The summed E-state index contributed by atoms with van der Waals surface area (Å²) in [5.74, 6) is 0.566. The van der Waals surface area contributed by atoms with Crippen molar-refractivity contribution in [3.8, 4) is 5.75 Å². The second-order valence-corrected chi connectivity index (χ2v) is 5.98. The lowest BCUT2D eigenvalue weighted by Gasteiger charge is -2.26. The predicted molar refractivity (Wildman–Crippen MR) is 77.8 cm³/mol. The SMILES string of the molecule is CC(C)(C)C(=O)[C@H](Oc1ccc(Cl)cc1)n1ccnc1. The van der Waals surface area contributed by atoms with E-state index in [0.29, 0.717) is 10.8 Å². The van der Waals surface area contributed by atoms with Crippen molar-refractivity contribution in [3.63, 3.8) is 0 Å². The summed E-state index contributed by atoms with van der Waals surface area (Å²) in [5, 5.41) is 0.624. The maximum absolute atomic E-state index is 12.5. The lowest BCUT2D eigenvalue weighted by Crippen LogP contribution is -2.33. The Bertz CT molecular complexity index is 571. The topological polar surface area (TPSA) is 44.1 Å². The van der Waals surface area contributed by atoms with Gasteiger partial charge in [0, 0.05) is 22.8 Å². The van der Waals surface area contributed by atoms with Crippen LogP contribution in [0.2, 0.25) is 5.02 Å². The Labute approximate surface area is 123 Å². The Hall–Kier alpha value is -1.81. The van der Waals surface area contributed by atoms with Gasteiger partial charge in [-0.3, -0.25) is 9.36 Å². The molecule has 4 nitrogen and oxygen atoms in total. The van der Waals surface area contributed by atoms with Crippen molar-refractivity contribution >= 4 is 17.4 Å². The largest absolute Gasteiger partial charge is 0.463 e. The summed E-state index contributed by atoms with van der Waals surface area (Å²) in [5.41, 5.74) is -0.513. The smallest absolute Gasteiger partial charge is 0.236 e. The number of imidazole rings is 1. The molecule has 0 amide bonds. The van der Waals surface area contributed by atoms with Gasteiger partial charge in [-0.15, -0.1) is 0 Å². The molecule has 5 heteroatoms. The van der Waals surface area contributed by atoms with Gasteiger partial charge in [0.05, 0.1) is 6.33 Å². The summed E-state index contributed by atoms with van der Waals surface area (Å²) < 4.78 is 7.47. The third-order valence-electron chi connectivity index (χ3n) is 2.82. The lowest BCUT2D eigenvalue weighted by atomic mass is 9.89. The van der Waals surface area contributed by atoms with Gasteiger partial charge in [0.1, 0.15) is 5.75 Å². The van der Waals surface area contributed by atoms with Crippen LogP contribution in [0.3, 0.4) is 0 Å². The zero-order valence-corrected chi connectivity index (χ0v) is 12.5. The quantitative estimate of drug-likeness (QED) is 0.862. The molecule has 0 N–H and O–H groups in total. The van der Waals surface area contributed by atoms with E-state index in [0.717, 1.165) is 0 Å². The second kappa shape index (κ2) is 5.67. The van der Waals surface area contributed by atoms with Gasteiger partial charge in [0.2, 0.25) is 6.23 Å². The van der Waals surface area contributed by atoms with Gasteiger partial charge in [-0.2, -0.15) is 0 Å². The van der Waals surface area contributed by atoms with E-state index in [9.17, 15) is 4.79 Å². The number of ether oxygens (including phenoxy) is 1. The molecule has 0 spiro atoms. The Kier molecular flexibility index (Phi) is 4.14. The maximum Gasteiger partial charge on any atom is 0.236 e. The second-order valence-electron chi connectivity index (χ2n) is 5.55. The van der Waals surface area contributed by atoms with Crippen molar-refractivity contribution in [2.45, 2.75) is 27.0 Å². The van der Waals surface area contributed by atoms with Crippen LogP contribution in [0.4, 0.5) is 0 Å². The number of ketones is 1. The van der Waals surface area contributed by atoms with Crippen LogP contribution in [0, 0.1) is 5.41 Å². The first-order chi connectivity index (χ1) is 9.38.